The molecule has 2 amide bonds. The van der Waals surface area contributed by atoms with E-state index in [1.165, 1.54) is 16.0 Å². The SMILES string of the molecule is Cn1nc(CNC(=O)NCc2nc(C#N)cs2)c2ccccc2c1=O. The van der Waals surface area contributed by atoms with Crippen LogP contribution in [0.4, 0.5) is 4.79 Å². The molecule has 8 nitrogen and oxygen atoms in total. The minimum atomic E-state index is -0.381. The highest BCUT2D eigenvalue weighted by Gasteiger charge is 2.10. The molecule has 0 spiro atoms. The first-order chi connectivity index (χ1) is 12.1. The first-order valence-electron chi connectivity index (χ1n) is 7.39. The second kappa shape index (κ2) is 7.11. The van der Waals surface area contributed by atoms with Crippen LogP contribution in [-0.4, -0.2) is 20.8 Å². The van der Waals surface area contributed by atoms with Gasteiger partial charge >= 0.3 is 6.03 Å². The third-order valence-electron chi connectivity index (χ3n) is 3.52. The highest BCUT2D eigenvalue weighted by Crippen LogP contribution is 2.12. The average molecular weight is 354 g/mol. The third-order valence-corrected chi connectivity index (χ3v) is 4.36. The predicted octanol–water partition coefficient (Wildman–Crippen LogP) is 1.26. The van der Waals surface area contributed by atoms with Crippen LogP contribution < -0.4 is 16.2 Å². The summed E-state index contributed by atoms with van der Waals surface area (Å²) in [6.45, 7) is 0.418. The van der Waals surface area contributed by atoms with Gasteiger partial charge in [-0.25, -0.2) is 14.5 Å². The minimum Gasteiger partial charge on any atom is -0.332 e. The summed E-state index contributed by atoms with van der Waals surface area (Å²) in [6, 6.07) is 8.71. The van der Waals surface area contributed by atoms with Crippen molar-refractivity contribution >= 4 is 28.1 Å². The van der Waals surface area contributed by atoms with Gasteiger partial charge in [-0.2, -0.15) is 10.4 Å². The minimum absolute atomic E-state index is 0.180. The van der Waals surface area contributed by atoms with Crippen LogP contribution in [0.25, 0.3) is 10.8 Å². The first kappa shape index (κ1) is 16.6. The highest BCUT2D eigenvalue weighted by molar-refractivity contribution is 7.09. The van der Waals surface area contributed by atoms with Gasteiger partial charge in [-0.05, 0) is 6.07 Å². The zero-order chi connectivity index (χ0) is 17.8. The fourth-order valence-corrected chi connectivity index (χ4v) is 2.99. The summed E-state index contributed by atoms with van der Waals surface area (Å²) in [5.74, 6) is 0. The molecule has 9 heteroatoms. The number of fused-ring (bicyclic) bond motifs is 1. The Hall–Kier alpha value is -3.25. The van der Waals surface area contributed by atoms with Crippen molar-refractivity contribution < 1.29 is 4.79 Å². The number of amides is 2. The Morgan fingerprint density at radius 3 is 2.72 bits per heavy atom. The molecule has 0 radical (unpaired) electrons. The molecule has 3 rings (SSSR count). The summed E-state index contributed by atoms with van der Waals surface area (Å²) < 4.78 is 1.26. The number of hydrogen-bond acceptors (Lipinski definition) is 6. The van der Waals surface area contributed by atoms with E-state index in [1.807, 2.05) is 12.1 Å². The van der Waals surface area contributed by atoms with Gasteiger partial charge in [-0.15, -0.1) is 11.3 Å². The summed E-state index contributed by atoms with van der Waals surface area (Å²) in [4.78, 5) is 28.1. The maximum absolute atomic E-state index is 12.1. The predicted molar refractivity (Wildman–Crippen MR) is 92.9 cm³/mol. The molecule has 2 aromatic heterocycles. The van der Waals surface area contributed by atoms with Gasteiger partial charge in [0.05, 0.1) is 24.2 Å². The average Bonchev–Trinajstić information content (AvgIpc) is 3.10. The van der Waals surface area contributed by atoms with Crippen molar-refractivity contribution in [1.29, 1.82) is 5.26 Å². The van der Waals surface area contributed by atoms with Gasteiger partial charge in [0, 0.05) is 17.8 Å². The molecular weight excluding hydrogens is 340 g/mol. The number of nitriles is 1. The smallest absolute Gasteiger partial charge is 0.315 e. The van der Waals surface area contributed by atoms with Gasteiger partial charge in [-0.3, -0.25) is 4.79 Å². The fraction of sp³-hybridized carbons (Fsp3) is 0.188. The van der Waals surface area contributed by atoms with E-state index in [2.05, 4.69) is 20.7 Å². The third kappa shape index (κ3) is 3.64. The maximum Gasteiger partial charge on any atom is 0.315 e. The van der Waals surface area contributed by atoms with Crippen molar-refractivity contribution in [1.82, 2.24) is 25.4 Å². The monoisotopic (exact) mass is 354 g/mol. The van der Waals surface area contributed by atoms with E-state index < -0.39 is 0 Å². The number of nitrogens with one attached hydrogen (secondary N) is 2. The lowest BCUT2D eigenvalue weighted by Crippen LogP contribution is -2.35. The van der Waals surface area contributed by atoms with Gasteiger partial charge < -0.3 is 10.6 Å². The zero-order valence-corrected chi connectivity index (χ0v) is 14.1. The molecule has 0 aliphatic carbocycles. The molecule has 126 valence electrons. The fourth-order valence-electron chi connectivity index (χ4n) is 2.33. The Balaban J connectivity index is 1.66. The Kier molecular flexibility index (Phi) is 4.72. The summed E-state index contributed by atoms with van der Waals surface area (Å²) in [6.07, 6.45) is 0. The summed E-state index contributed by atoms with van der Waals surface area (Å²) in [5.41, 5.74) is 0.762. The van der Waals surface area contributed by atoms with Crippen LogP contribution in [0.2, 0.25) is 0 Å². The van der Waals surface area contributed by atoms with Crippen LogP contribution in [0.5, 0.6) is 0 Å². The standard InChI is InChI=1S/C16H14N6O2S/c1-22-15(23)12-5-3-2-4-11(12)13(21-22)7-18-16(24)19-8-14-20-10(6-17)9-25-14/h2-5,9H,7-8H2,1H3,(H2,18,19,24). The number of aryl methyl sites for hydroxylation is 1. The lowest BCUT2D eigenvalue weighted by Gasteiger charge is -2.09. The van der Waals surface area contributed by atoms with Crippen molar-refractivity contribution in [2.45, 2.75) is 13.1 Å². The van der Waals surface area contributed by atoms with E-state index in [0.717, 1.165) is 0 Å². The summed E-state index contributed by atoms with van der Waals surface area (Å²) in [5, 5.41) is 21.9. The molecule has 1 aromatic carbocycles. The Morgan fingerprint density at radius 2 is 2.00 bits per heavy atom. The largest absolute Gasteiger partial charge is 0.332 e. The molecule has 0 aliphatic heterocycles. The van der Waals surface area contributed by atoms with Gasteiger partial charge in [0.15, 0.2) is 5.69 Å². The second-order valence-electron chi connectivity index (χ2n) is 5.20. The van der Waals surface area contributed by atoms with Crippen molar-refractivity contribution in [2.75, 3.05) is 0 Å². The molecule has 0 saturated carbocycles. The van der Waals surface area contributed by atoms with E-state index >= 15 is 0 Å². The lowest BCUT2D eigenvalue weighted by atomic mass is 10.1. The molecule has 2 heterocycles. The molecule has 3 aromatic rings. The number of urea groups is 1. The summed E-state index contributed by atoms with van der Waals surface area (Å²) >= 11 is 1.31. The Bertz CT molecular complexity index is 1030. The highest BCUT2D eigenvalue weighted by atomic mass is 32.1. The Morgan fingerprint density at radius 1 is 1.28 bits per heavy atom. The van der Waals surface area contributed by atoms with E-state index in [9.17, 15) is 9.59 Å². The van der Waals surface area contributed by atoms with Crippen LogP contribution in [0.1, 0.15) is 16.4 Å². The summed E-state index contributed by atoms with van der Waals surface area (Å²) in [7, 11) is 1.58. The maximum atomic E-state index is 12.1. The van der Waals surface area contributed by atoms with Crippen LogP contribution >= 0.6 is 11.3 Å². The number of thiazole rings is 1. The van der Waals surface area contributed by atoms with E-state index in [1.54, 1.807) is 30.6 Å². The number of carbonyl (C=O) groups excluding carboxylic acids is 1. The quantitative estimate of drug-likeness (QED) is 0.732. The number of hydrogen-bond donors (Lipinski definition) is 2. The van der Waals surface area contributed by atoms with Gasteiger partial charge in [-0.1, -0.05) is 18.2 Å². The molecule has 0 atom stereocenters. The van der Waals surface area contributed by atoms with Crippen LogP contribution in [0, 0.1) is 11.3 Å². The van der Waals surface area contributed by atoms with Gasteiger partial charge in [0.2, 0.25) is 0 Å². The van der Waals surface area contributed by atoms with Gasteiger partial charge in [0.25, 0.3) is 5.56 Å². The molecule has 0 bridgehead atoms. The Labute approximate surface area is 146 Å². The van der Waals surface area contributed by atoms with E-state index in [4.69, 9.17) is 5.26 Å². The normalized spacial score (nSPS) is 10.4. The molecule has 0 saturated heterocycles. The van der Waals surface area contributed by atoms with Crippen LogP contribution in [0.3, 0.4) is 0 Å². The van der Waals surface area contributed by atoms with Crippen LogP contribution in [0.15, 0.2) is 34.4 Å². The van der Waals surface area contributed by atoms with Crippen molar-refractivity contribution in [3.05, 3.63) is 56.4 Å². The van der Waals surface area contributed by atoms with E-state index in [0.29, 0.717) is 27.2 Å². The number of nitrogens with zero attached hydrogens (tertiary/aromatic N) is 4. The van der Waals surface area contributed by atoms with Crippen molar-refractivity contribution in [3.8, 4) is 6.07 Å². The van der Waals surface area contributed by atoms with Crippen molar-refractivity contribution in [3.63, 3.8) is 0 Å². The van der Waals surface area contributed by atoms with Crippen molar-refractivity contribution in [2.24, 2.45) is 7.05 Å². The van der Waals surface area contributed by atoms with Crippen LogP contribution in [-0.2, 0) is 20.1 Å². The topological polar surface area (TPSA) is 113 Å². The molecule has 2 N–H and O–H groups in total. The number of benzene rings is 1. The van der Waals surface area contributed by atoms with Gasteiger partial charge in [0.1, 0.15) is 11.1 Å². The number of aromatic nitrogens is 3. The molecule has 0 unspecified atom stereocenters. The molecule has 0 fully saturated rings. The molecule has 0 aliphatic rings. The van der Waals surface area contributed by atoms with E-state index in [-0.39, 0.29) is 24.7 Å². The zero-order valence-electron chi connectivity index (χ0n) is 13.3. The molecule has 25 heavy (non-hydrogen) atoms. The number of carbonyl (C=O) groups is 1. The number of rotatable bonds is 4. The second-order valence-corrected chi connectivity index (χ2v) is 6.14. The lowest BCUT2D eigenvalue weighted by molar-refractivity contribution is 0.240. The molecular formula is C16H14N6O2S. The first-order valence-corrected chi connectivity index (χ1v) is 8.27.